The summed E-state index contributed by atoms with van der Waals surface area (Å²) in [5.41, 5.74) is 2.02. The Kier molecular flexibility index (Phi) is 4.86. The second-order valence-corrected chi connectivity index (χ2v) is 7.65. The Labute approximate surface area is 169 Å². The molecule has 0 unspecified atom stereocenters. The number of amides is 2. The second-order valence-electron chi connectivity index (χ2n) is 7.65. The lowest BCUT2D eigenvalue weighted by Crippen LogP contribution is -2.56. The number of carbonyl (C=O) groups excluding carboxylic acids is 3. The molecule has 0 spiro atoms. The molecule has 0 saturated carbocycles. The van der Waals surface area contributed by atoms with Gasteiger partial charge < -0.3 is 19.1 Å². The van der Waals surface area contributed by atoms with Gasteiger partial charge in [0.2, 0.25) is 5.91 Å². The van der Waals surface area contributed by atoms with Crippen molar-refractivity contribution in [3.8, 4) is 0 Å². The minimum atomic E-state index is -0.454. The van der Waals surface area contributed by atoms with E-state index in [1.54, 1.807) is 34.7 Å². The van der Waals surface area contributed by atoms with E-state index in [0.29, 0.717) is 24.4 Å². The maximum absolute atomic E-state index is 13.1. The minimum Gasteiger partial charge on any atom is -0.469 e. The number of hydrogen-bond acceptors (Lipinski definition) is 5. The molecule has 0 bridgehead atoms. The molecule has 1 aromatic carbocycles. The number of hydrogen-bond donors (Lipinski definition) is 0. The maximum Gasteiger partial charge on any atom is 0.311 e. The van der Waals surface area contributed by atoms with Gasteiger partial charge in [-0.3, -0.25) is 14.4 Å². The van der Waals surface area contributed by atoms with Gasteiger partial charge in [-0.15, -0.1) is 0 Å². The van der Waals surface area contributed by atoms with Gasteiger partial charge in [0.05, 0.1) is 37.1 Å². The monoisotopic (exact) mass is 396 g/mol. The molecule has 0 aliphatic carbocycles. The zero-order chi connectivity index (χ0) is 20.7. The van der Waals surface area contributed by atoms with Crippen molar-refractivity contribution < 1.29 is 19.1 Å². The summed E-state index contributed by atoms with van der Waals surface area (Å²) in [6.45, 7) is 2.14. The molecule has 2 saturated heterocycles. The lowest BCUT2D eigenvalue weighted by atomic mass is 9.93. The lowest BCUT2D eigenvalue weighted by molar-refractivity contribution is -0.147. The molecule has 152 valence electrons. The Morgan fingerprint density at radius 3 is 2.55 bits per heavy atom. The van der Waals surface area contributed by atoms with Gasteiger partial charge >= 0.3 is 5.97 Å². The van der Waals surface area contributed by atoms with Crippen LogP contribution in [-0.2, 0) is 21.4 Å². The third-order valence-electron chi connectivity index (χ3n) is 5.90. The highest BCUT2D eigenvalue weighted by molar-refractivity contribution is 5.97. The van der Waals surface area contributed by atoms with Gasteiger partial charge in [-0.1, -0.05) is 30.3 Å². The van der Waals surface area contributed by atoms with Crippen LogP contribution in [0.15, 0.2) is 36.7 Å². The molecule has 29 heavy (non-hydrogen) atoms. The van der Waals surface area contributed by atoms with Crippen molar-refractivity contribution in [1.29, 1.82) is 0 Å². The number of imidazole rings is 1. The average molecular weight is 396 g/mol. The average Bonchev–Trinajstić information content (AvgIpc) is 3.27. The summed E-state index contributed by atoms with van der Waals surface area (Å²) < 4.78 is 6.70. The quantitative estimate of drug-likeness (QED) is 0.731. The van der Waals surface area contributed by atoms with E-state index >= 15 is 0 Å². The van der Waals surface area contributed by atoms with E-state index in [1.807, 2.05) is 30.3 Å². The fourth-order valence-electron chi connectivity index (χ4n) is 4.62. The predicted molar refractivity (Wildman–Crippen MR) is 104 cm³/mol. The third-order valence-corrected chi connectivity index (χ3v) is 5.90. The minimum absolute atomic E-state index is 0.0167. The van der Waals surface area contributed by atoms with Crippen LogP contribution in [0.25, 0.3) is 0 Å². The number of benzene rings is 1. The van der Waals surface area contributed by atoms with Crippen molar-refractivity contribution in [3.05, 3.63) is 53.6 Å². The standard InChI is InChI=1S/C21H24N4O4/c1-13-18(23(2)12-22-13)20(27)24-10-15-9-16(21(28)29-3)19(25(15)17(26)11-24)14-7-5-4-6-8-14/h4-8,12,15-16,19H,9-11H2,1-3H3/t15-,16-,19-/m0/s1. The van der Waals surface area contributed by atoms with Crippen LogP contribution < -0.4 is 0 Å². The van der Waals surface area contributed by atoms with Crippen LogP contribution in [0.5, 0.6) is 0 Å². The molecule has 2 fully saturated rings. The highest BCUT2D eigenvalue weighted by atomic mass is 16.5. The number of fused-ring (bicyclic) bond motifs is 1. The van der Waals surface area contributed by atoms with Crippen LogP contribution in [0.2, 0.25) is 0 Å². The summed E-state index contributed by atoms with van der Waals surface area (Å²) in [7, 11) is 3.13. The Morgan fingerprint density at radius 2 is 1.93 bits per heavy atom. The van der Waals surface area contributed by atoms with Crippen molar-refractivity contribution >= 4 is 17.8 Å². The van der Waals surface area contributed by atoms with Crippen molar-refractivity contribution in [3.63, 3.8) is 0 Å². The Morgan fingerprint density at radius 1 is 1.21 bits per heavy atom. The lowest BCUT2D eigenvalue weighted by Gasteiger charge is -2.40. The summed E-state index contributed by atoms with van der Waals surface area (Å²) in [6, 6.07) is 8.93. The number of nitrogens with zero attached hydrogens (tertiary/aromatic N) is 4. The van der Waals surface area contributed by atoms with Crippen LogP contribution >= 0.6 is 0 Å². The summed E-state index contributed by atoms with van der Waals surface area (Å²) in [6.07, 6.45) is 2.06. The van der Waals surface area contributed by atoms with Gasteiger partial charge in [0, 0.05) is 13.6 Å². The number of carbonyl (C=O) groups is 3. The maximum atomic E-state index is 13.1. The van der Waals surface area contributed by atoms with Crippen molar-refractivity contribution in [2.24, 2.45) is 13.0 Å². The Hall–Kier alpha value is -3.16. The van der Waals surface area contributed by atoms with E-state index in [2.05, 4.69) is 4.98 Å². The summed E-state index contributed by atoms with van der Waals surface area (Å²) in [5.74, 6) is -1.16. The molecule has 4 rings (SSSR count). The molecule has 0 radical (unpaired) electrons. The first-order valence-electron chi connectivity index (χ1n) is 9.63. The number of aryl methyl sites for hydroxylation is 2. The number of piperazine rings is 1. The summed E-state index contributed by atoms with van der Waals surface area (Å²) in [4.78, 5) is 46.2. The molecular weight excluding hydrogens is 372 g/mol. The van der Waals surface area contributed by atoms with Gasteiger partial charge in [0.1, 0.15) is 12.2 Å². The van der Waals surface area contributed by atoms with Gasteiger partial charge in [0.25, 0.3) is 5.91 Å². The molecule has 2 aromatic rings. The SMILES string of the molecule is COC(=O)[C@H]1C[C@H]2CN(C(=O)c3c(C)ncn3C)CC(=O)N2[C@H]1c1ccccc1. The first-order chi connectivity index (χ1) is 13.9. The molecule has 0 N–H and O–H groups in total. The Balaban J connectivity index is 1.64. The first-order valence-corrected chi connectivity index (χ1v) is 9.63. The fraction of sp³-hybridized carbons (Fsp3) is 0.429. The van der Waals surface area contributed by atoms with Crippen LogP contribution in [0.4, 0.5) is 0 Å². The van der Waals surface area contributed by atoms with E-state index < -0.39 is 5.92 Å². The van der Waals surface area contributed by atoms with E-state index in [4.69, 9.17) is 4.74 Å². The number of aromatic nitrogens is 2. The van der Waals surface area contributed by atoms with Gasteiger partial charge in [-0.05, 0) is 18.9 Å². The number of rotatable bonds is 3. The summed E-state index contributed by atoms with van der Waals surface area (Å²) in [5, 5.41) is 0. The van der Waals surface area contributed by atoms with E-state index in [1.165, 1.54) is 7.11 Å². The van der Waals surface area contributed by atoms with Gasteiger partial charge in [-0.2, -0.15) is 0 Å². The van der Waals surface area contributed by atoms with E-state index in [0.717, 1.165) is 5.56 Å². The van der Waals surface area contributed by atoms with Crippen molar-refractivity contribution in [2.75, 3.05) is 20.2 Å². The molecule has 8 nitrogen and oxygen atoms in total. The van der Waals surface area contributed by atoms with Crippen LogP contribution in [-0.4, -0.2) is 63.4 Å². The van der Waals surface area contributed by atoms with Crippen LogP contribution in [0, 0.1) is 12.8 Å². The first kappa shape index (κ1) is 19.2. The molecular formula is C21H24N4O4. The largest absolute Gasteiger partial charge is 0.469 e. The molecule has 3 atom stereocenters. The highest BCUT2D eigenvalue weighted by Gasteiger charge is 2.51. The molecule has 8 heteroatoms. The second kappa shape index (κ2) is 7.35. The fourth-order valence-corrected chi connectivity index (χ4v) is 4.62. The number of methoxy groups -OCH3 is 1. The normalized spacial score (nSPS) is 23.8. The van der Waals surface area contributed by atoms with Gasteiger partial charge in [0.15, 0.2) is 0 Å². The van der Waals surface area contributed by atoms with Crippen LogP contribution in [0.3, 0.4) is 0 Å². The molecule has 2 aliphatic heterocycles. The number of esters is 1. The third kappa shape index (κ3) is 3.18. The van der Waals surface area contributed by atoms with E-state index in [-0.39, 0.29) is 36.4 Å². The van der Waals surface area contributed by atoms with Gasteiger partial charge in [-0.25, -0.2) is 4.98 Å². The zero-order valence-corrected chi connectivity index (χ0v) is 16.7. The van der Waals surface area contributed by atoms with E-state index in [9.17, 15) is 14.4 Å². The van der Waals surface area contributed by atoms with Crippen molar-refractivity contribution in [1.82, 2.24) is 19.4 Å². The highest BCUT2D eigenvalue weighted by Crippen LogP contribution is 2.43. The number of ether oxygens (including phenoxy) is 1. The molecule has 2 aliphatic rings. The smallest absolute Gasteiger partial charge is 0.311 e. The van der Waals surface area contributed by atoms with Crippen molar-refractivity contribution in [2.45, 2.75) is 25.4 Å². The molecule has 1 aromatic heterocycles. The summed E-state index contributed by atoms with van der Waals surface area (Å²) >= 11 is 0. The zero-order valence-electron chi connectivity index (χ0n) is 16.7. The Bertz CT molecular complexity index is 935. The molecule has 2 amide bonds. The van der Waals surface area contributed by atoms with Crippen LogP contribution in [0.1, 0.15) is 34.2 Å². The topological polar surface area (TPSA) is 84.7 Å². The predicted octanol–water partition coefficient (Wildman–Crippen LogP) is 1.32. The molecule has 3 heterocycles.